The van der Waals surface area contributed by atoms with Crippen molar-refractivity contribution in [3.63, 3.8) is 0 Å². The van der Waals surface area contributed by atoms with Gasteiger partial charge in [0, 0.05) is 24.6 Å². The van der Waals surface area contributed by atoms with Crippen molar-refractivity contribution in [2.24, 2.45) is 0 Å². The molecular weight excluding hydrogens is 278 g/mol. The molecule has 0 atom stereocenters. The summed E-state index contributed by atoms with van der Waals surface area (Å²) < 4.78 is 28.7. The van der Waals surface area contributed by atoms with E-state index in [9.17, 15) is 13.5 Å². The Balaban J connectivity index is 2.30. The maximum absolute atomic E-state index is 12.3. The van der Waals surface area contributed by atoms with Crippen molar-refractivity contribution in [2.75, 3.05) is 4.72 Å². The second-order valence-electron chi connectivity index (χ2n) is 4.37. The maximum Gasteiger partial charge on any atom is 0.263 e. The molecule has 0 spiro atoms. The summed E-state index contributed by atoms with van der Waals surface area (Å²) in [5.41, 5.74) is 0.986. The van der Waals surface area contributed by atoms with Crippen molar-refractivity contribution in [1.29, 1.82) is 0 Å². The lowest BCUT2D eigenvalue weighted by atomic mass is 10.4. The maximum atomic E-state index is 12.3. The van der Waals surface area contributed by atoms with Crippen molar-refractivity contribution in [3.05, 3.63) is 42.5 Å². The van der Waals surface area contributed by atoms with Gasteiger partial charge in [-0.2, -0.15) is 0 Å². The first kappa shape index (κ1) is 14.5. The van der Waals surface area contributed by atoms with Crippen LogP contribution in [0.15, 0.2) is 41.7 Å². The van der Waals surface area contributed by atoms with Crippen LogP contribution in [0.5, 0.6) is 0 Å². The molecule has 7 heteroatoms. The molecule has 0 aliphatic carbocycles. The van der Waals surface area contributed by atoms with E-state index in [-0.39, 0.29) is 11.5 Å². The van der Waals surface area contributed by atoms with Crippen molar-refractivity contribution in [3.8, 4) is 0 Å². The van der Waals surface area contributed by atoms with E-state index in [2.05, 4.69) is 9.71 Å². The van der Waals surface area contributed by atoms with Gasteiger partial charge in [0.05, 0.1) is 18.5 Å². The fourth-order valence-corrected chi connectivity index (χ4v) is 3.00. The molecule has 0 amide bonds. The van der Waals surface area contributed by atoms with Gasteiger partial charge in [-0.25, -0.2) is 8.42 Å². The van der Waals surface area contributed by atoms with Crippen LogP contribution in [0.3, 0.4) is 0 Å². The Kier molecular flexibility index (Phi) is 4.41. The van der Waals surface area contributed by atoms with Gasteiger partial charge in [0.1, 0.15) is 4.90 Å². The number of aliphatic hydroxyl groups excluding tert-OH is 1. The summed E-state index contributed by atoms with van der Waals surface area (Å²) in [6.45, 7) is 2.46. The third-order valence-electron chi connectivity index (χ3n) is 2.81. The lowest BCUT2D eigenvalue weighted by molar-refractivity contribution is 0.270. The molecule has 0 radical (unpaired) electrons. The Labute approximate surface area is 118 Å². The molecule has 0 aromatic carbocycles. The SMILES string of the molecule is CCCn1cc(S(=O)(=O)Nc2cccnc2)cc1CO. The monoisotopic (exact) mass is 295 g/mol. The fourth-order valence-electron chi connectivity index (χ4n) is 1.89. The Bertz CT molecular complexity index is 665. The van der Waals surface area contributed by atoms with Crippen LogP contribution >= 0.6 is 0 Å². The summed E-state index contributed by atoms with van der Waals surface area (Å²) in [7, 11) is -3.67. The molecule has 0 unspecified atom stereocenters. The highest BCUT2D eigenvalue weighted by molar-refractivity contribution is 7.92. The van der Waals surface area contributed by atoms with Crippen molar-refractivity contribution < 1.29 is 13.5 Å². The first-order valence-electron chi connectivity index (χ1n) is 6.29. The number of rotatable bonds is 6. The van der Waals surface area contributed by atoms with E-state index in [0.717, 1.165) is 6.42 Å². The van der Waals surface area contributed by atoms with Gasteiger partial charge in [0.2, 0.25) is 0 Å². The zero-order valence-electron chi connectivity index (χ0n) is 11.2. The zero-order chi connectivity index (χ0) is 14.6. The Hall–Kier alpha value is -1.86. The molecule has 20 heavy (non-hydrogen) atoms. The highest BCUT2D eigenvalue weighted by Gasteiger charge is 2.18. The van der Waals surface area contributed by atoms with E-state index in [0.29, 0.717) is 17.9 Å². The zero-order valence-corrected chi connectivity index (χ0v) is 12.0. The number of nitrogens with zero attached hydrogens (tertiary/aromatic N) is 2. The quantitative estimate of drug-likeness (QED) is 0.847. The van der Waals surface area contributed by atoms with E-state index in [1.807, 2.05) is 6.92 Å². The normalized spacial score (nSPS) is 11.5. The summed E-state index contributed by atoms with van der Waals surface area (Å²) in [4.78, 5) is 4.00. The second kappa shape index (κ2) is 6.06. The number of pyridine rings is 1. The van der Waals surface area contributed by atoms with Crippen molar-refractivity contribution in [1.82, 2.24) is 9.55 Å². The number of hydrogen-bond acceptors (Lipinski definition) is 4. The molecule has 2 aromatic heterocycles. The van der Waals surface area contributed by atoms with Crippen LogP contribution in [-0.2, 0) is 23.2 Å². The molecule has 0 fully saturated rings. The number of hydrogen-bond donors (Lipinski definition) is 2. The molecule has 0 aliphatic rings. The van der Waals surface area contributed by atoms with E-state index >= 15 is 0 Å². The minimum atomic E-state index is -3.67. The average molecular weight is 295 g/mol. The molecular formula is C13H17N3O3S. The summed E-state index contributed by atoms with van der Waals surface area (Å²) in [6.07, 6.45) is 5.40. The molecule has 2 aromatic rings. The van der Waals surface area contributed by atoms with Gasteiger partial charge < -0.3 is 9.67 Å². The summed E-state index contributed by atoms with van der Waals surface area (Å²) in [5, 5.41) is 9.27. The first-order valence-corrected chi connectivity index (χ1v) is 7.78. The number of aliphatic hydroxyl groups is 1. The lowest BCUT2D eigenvalue weighted by Gasteiger charge is -2.05. The minimum Gasteiger partial charge on any atom is -0.390 e. The summed E-state index contributed by atoms with van der Waals surface area (Å²) in [6, 6.07) is 4.76. The number of anilines is 1. The van der Waals surface area contributed by atoms with Gasteiger partial charge >= 0.3 is 0 Å². The van der Waals surface area contributed by atoms with Crippen LogP contribution in [0, 0.1) is 0 Å². The van der Waals surface area contributed by atoms with Crippen LogP contribution in [0.2, 0.25) is 0 Å². The number of aromatic nitrogens is 2. The molecule has 0 saturated carbocycles. The molecule has 108 valence electrons. The predicted molar refractivity (Wildman–Crippen MR) is 75.7 cm³/mol. The molecule has 0 saturated heterocycles. The van der Waals surface area contributed by atoms with Crippen molar-refractivity contribution >= 4 is 15.7 Å². The Morgan fingerprint density at radius 3 is 2.85 bits per heavy atom. The second-order valence-corrected chi connectivity index (χ2v) is 6.05. The van der Waals surface area contributed by atoms with Crippen LogP contribution in [-0.4, -0.2) is 23.1 Å². The molecule has 6 nitrogen and oxygen atoms in total. The van der Waals surface area contributed by atoms with E-state index in [1.54, 1.807) is 22.9 Å². The van der Waals surface area contributed by atoms with Gasteiger partial charge in [0.25, 0.3) is 10.0 Å². The molecule has 2 heterocycles. The van der Waals surface area contributed by atoms with E-state index in [1.165, 1.54) is 18.5 Å². The van der Waals surface area contributed by atoms with Crippen LogP contribution in [0.25, 0.3) is 0 Å². The standard InChI is InChI=1S/C13H17N3O3S/c1-2-6-16-9-13(7-12(16)10-17)20(18,19)15-11-4-3-5-14-8-11/h3-5,7-9,15,17H,2,6,10H2,1H3. The van der Waals surface area contributed by atoms with Crippen LogP contribution in [0.4, 0.5) is 5.69 Å². The predicted octanol–water partition coefficient (Wildman–Crippen LogP) is 1.59. The molecule has 0 aliphatic heterocycles. The molecule has 2 N–H and O–H groups in total. The molecule has 2 rings (SSSR count). The van der Waals surface area contributed by atoms with Crippen LogP contribution in [0.1, 0.15) is 19.0 Å². The fraction of sp³-hybridized carbons (Fsp3) is 0.308. The highest BCUT2D eigenvalue weighted by atomic mass is 32.2. The van der Waals surface area contributed by atoms with Crippen LogP contribution < -0.4 is 4.72 Å². The highest BCUT2D eigenvalue weighted by Crippen LogP contribution is 2.18. The van der Waals surface area contributed by atoms with E-state index in [4.69, 9.17) is 0 Å². The number of sulfonamides is 1. The molecule has 0 bridgehead atoms. The number of aryl methyl sites for hydroxylation is 1. The number of nitrogens with one attached hydrogen (secondary N) is 1. The largest absolute Gasteiger partial charge is 0.390 e. The van der Waals surface area contributed by atoms with Crippen molar-refractivity contribution in [2.45, 2.75) is 31.4 Å². The lowest BCUT2D eigenvalue weighted by Crippen LogP contribution is -2.12. The smallest absolute Gasteiger partial charge is 0.263 e. The van der Waals surface area contributed by atoms with Gasteiger partial charge in [-0.1, -0.05) is 6.92 Å². The van der Waals surface area contributed by atoms with Gasteiger partial charge in [-0.3, -0.25) is 9.71 Å². The Morgan fingerprint density at radius 2 is 2.25 bits per heavy atom. The van der Waals surface area contributed by atoms with Gasteiger partial charge in [-0.05, 0) is 24.6 Å². The van der Waals surface area contributed by atoms with E-state index < -0.39 is 10.0 Å². The third-order valence-corrected chi connectivity index (χ3v) is 4.16. The van der Waals surface area contributed by atoms with Gasteiger partial charge in [0.15, 0.2) is 0 Å². The summed E-state index contributed by atoms with van der Waals surface area (Å²) >= 11 is 0. The average Bonchev–Trinajstić information content (AvgIpc) is 2.84. The minimum absolute atomic E-state index is 0.138. The van der Waals surface area contributed by atoms with Gasteiger partial charge in [-0.15, -0.1) is 0 Å². The third kappa shape index (κ3) is 3.17. The topological polar surface area (TPSA) is 84.2 Å². The summed E-state index contributed by atoms with van der Waals surface area (Å²) in [5.74, 6) is 0. The first-order chi connectivity index (χ1) is 9.56. The Morgan fingerprint density at radius 1 is 1.45 bits per heavy atom.